The Bertz CT molecular complexity index is 1970. The van der Waals surface area contributed by atoms with Crippen molar-refractivity contribution in [2.24, 2.45) is 0 Å². The number of hydrogen-bond acceptors (Lipinski definition) is 8. The Hall–Kier alpha value is -4.22. The SMILES string of the molecule is C.CCOC(=O)Cc1c(C)[nH]c2cc(Cl)c(OC)cc12.CCOOC(=O)Cc1c(C)n(C(=O)c2ccc(Cl)cc2)c2cc(Cl)c(OC)cc12. The molecule has 262 valence electrons. The summed E-state index contributed by atoms with van der Waals surface area (Å²) in [7, 11) is 3.07. The number of hydrogen-bond donors (Lipinski definition) is 1. The number of esters is 1. The predicted molar refractivity (Wildman–Crippen MR) is 193 cm³/mol. The molecular weight excluding hydrogens is 695 g/mol. The standard InChI is InChI=1S/C21H19Cl2NO5.C14H16ClNO3.CH4/c1-4-28-29-20(25)10-15-12(2)24(21(26)13-5-7-14(22)8-6-13)18-11-17(23)19(27-3)9-16(15)18;1-4-19-14(17)6-9-8(2)16-12-7-11(15)13(18-3)5-10(9)12;/h5-9,11H,4,10H2,1-3H3;5,7,16H,4,6H2,1-3H3;1H4. The Morgan fingerprint density at radius 1 is 0.776 bits per heavy atom. The molecule has 0 spiro atoms. The van der Waals surface area contributed by atoms with Gasteiger partial charge < -0.3 is 19.2 Å². The summed E-state index contributed by atoms with van der Waals surface area (Å²) in [6, 6.07) is 13.6. The first kappa shape index (κ1) is 39.2. The number of carbonyl (C=O) groups is 3. The number of aromatic nitrogens is 2. The van der Waals surface area contributed by atoms with Crippen molar-refractivity contribution in [3.05, 3.63) is 91.7 Å². The van der Waals surface area contributed by atoms with Crippen molar-refractivity contribution in [1.29, 1.82) is 0 Å². The number of benzene rings is 3. The molecule has 10 nitrogen and oxygen atoms in total. The van der Waals surface area contributed by atoms with Crippen LogP contribution in [0.5, 0.6) is 11.5 Å². The van der Waals surface area contributed by atoms with Crippen molar-refractivity contribution in [2.75, 3.05) is 27.4 Å². The summed E-state index contributed by atoms with van der Waals surface area (Å²) in [5.74, 6) is -0.0370. The smallest absolute Gasteiger partial charge is 0.346 e. The van der Waals surface area contributed by atoms with Gasteiger partial charge in [-0.15, -0.1) is 0 Å². The van der Waals surface area contributed by atoms with Crippen LogP contribution >= 0.6 is 34.8 Å². The van der Waals surface area contributed by atoms with Gasteiger partial charge in [0.1, 0.15) is 11.5 Å². The Balaban J connectivity index is 0.000000283. The van der Waals surface area contributed by atoms with Crippen LogP contribution < -0.4 is 9.47 Å². The third kappa shape index (κ3) is 8.88. The first-order valence-corrected chi connectivity index (χ1v) is 16.1. The first-order chi connectivity index (χ1) is 22.9. The zero-order valence-corrected chi connectivity index (χ0v) is 29.6. The summed E-state index contributed by atoms with van der Waals surface area (Å²) >= 11 is 18.3. The van der Waals surface area contributed by atoms with Crippen LogP contribution in [0.2, 0.25) is 15.1 Å². The number of nitrogens with zero attached hydrogens (tertiary/aromatic N) is 1. The van der Waals surface area contributed by atoms with E-state index in [1.807, 2.05) is 13.0 Å². The van der Waals surface area contributed by atoms with Crippen LogP contribution in [-0.4, -0.2) is 54.8 Å². The molecule has 2 aromatic heterocycles. The Kier molecular flexibility index (Phi) is 14.0. The van der Waals surface area contributed by atoms with E-state index in [1.165, 1.54) is 11.7 Å². The molecular formula is C36H39Cl3N2O8. The van der Waals surface area contributed by atoms with E-state index in [0.717, 1.165) is 22.2 Å². The first-order valence-electron chi connectivity index (χ1n) is 14.9. The van der Waals surface area contributed by atoms with Gasteiger partial charge in [0.05, 0.1) is 55.8 Å². The maximum atomic E-state index is 13.2. The molecule has 5 aromatic rings. The number of carbonyl (C=O) groups excluding carboxylic acids is 3. The summed E-state index contributed by atoms with van der Waals surface area (Å²) in [6.07, 6.45) is 0.165. The molecule has 3 aromatic carbocycles. The number of methoxy groups -OCH3 is 2. The number of nitrogens with one attached hydrogen (secondary N) is 1. The molecule has 2 heterocycles. The molecule has 0 unspecified atom stereocenters. The van der Waals surface area contributed by atoms with E-state index in [4.69, 9.17) is 58.8 Å². The number of halogens is 3. The van der Waals surface area contributed by atoms with Crippen LogP contribution in [0.15, 0.2) is 48.5 Å². The molecule has 0 saturated heterocycles. The second-order valence-corrected chi connectivity index (χ2v) is 11.7. The van der Waals surface area contributed by atoms with Crippen molar-refractivity contribution in [2.45, 2.75) is 48.0 Å². The van der Waals surface area contributed by atoms with Crippen molar-refractivity contribution in [3.63, 3.8) is 0 Å². The lowest BCUT2D eigenvalue weighted by molar-refractivity contribution is -0.268. The van der Waals surface area contributed by atoms with E-state index in [0.29, 0.717) is 60.9 Å². The van der Waals surface area contributed by atoms with E-state index in [2.05, 4.69) is 4.98 Å². The number of aromatic amines is 1. The minimum absolute atomic E-state index is 0. The minimum atomic E-state index is -0.568. The molecule has 0 saturated carbocycles. The molecule has 0 atom stereocenters. The number of aryl methyl sites for hydroxylation is 1. The molecule has 49 heavy (non-hydrogen) atoms. The highest BCUT2D eigenvalue weighted by Crippen LogP contribution is 2.36. The Labute approximate surface area is 300 Å². The Morgan fingerprint density at radius 3 is 1.96 bits per heavy atom. The lowest BCUT2D eigenvalue weighted by Crippen LogP contribution is -2.14. The van der Waals surface area contributed by atoms with Crippen molar-refractivity contribution in [3.8, 4) is 11.5 Å². The van der Waals surface area contributed by atoms with Crippen LogP contribution in [0.3, 0.4) is 0 Å². The molecule has 13 heteroatoms. The predicted octanol–water partition coefficient (Wildman–Crippen LogP) is 8.87. The quantitative estimate of drug-likeness (QED) is 0.0860. The number of ether oxygens (including phenoxy) is 3. The third-order valence-electron chi connectivity index (χ3n) is 7.51. The zero-order valence-electron chi connectivity index (χ0n) is 27.3. The van der Waals surface area contributed by atoms with Crippen molar-refractivity contribution >= 4 is 74.5 Å². The van der Waals surface area contributed by atoms with Gasteiger partial charge in [-0.3, -0.25) is 19.0 Å². The molecule has 5 rings (SSSR count). The van der Waals surface area contributed by atoms with Crippen LogP contribution in [-0.2, 0) is 36.9 Å². The second kappa shape index (κ2) is 17.4. The van der Waals surface area contributed by atoms with Gasteiger partial charge in [0.2, 0.25) is 0 Å². The minimum Gasteiger partial charge on any atom is -0.495 e. The van der Waals surface area contributed by atoms with Gasteiger partial charge in [-0.25, -0.2) is 4.79 Å². The molecule has 0 aliphatic rings. The maximum Gasteiger partial charge on any atom is 0.346 e. The van der Waals surface area contributed by atoms with Crippen molar-refractivity contribution < 1.29 is 38.4 Å². The highest BCUT2D eigenvalue weighted by Gasteiger charge is 2.24. The fourth-order valence-electron chi connectivity index (χ4n) is 5.27. The van der Waals surface area contributed by atoms with Gasteiger partial charge >= 0.3 is 11.9 Å². The van der Waals surface area contributed by atoms with Crippen LogP contribution in [0.25, 0.3) is 21.8 Å². The van der Waals surface area contributed by atoms with E-state index in [-0.39, 0.29) is 38.8 Å². The van der Waals surface area contributed by atoms with Gasteiger partial charge in [-0.2, -0.15) is 4.89 Å². The lowest BCUT2D eigenvalue weighted by atomic mass is 10.1. The monoisotopic (exact) mass is 732 g/mol. The molecule has 0 amide bonds. The molecule has 0 fully saturated rings. The van der Waals surface area contributed by atoms with Gasteiger partial charge in [0.15, 0.2) is 0 Å². The number of fused-ring (bicyclic) bond motifs is 2. The largest absolute Gasteiger partial charge is 0.495 e. The third-order valence-corrected chi connectivity index (χ3v) is 8.35. The molecule has 0 aliphatic heterocycles. The van der Waals surface area contributed by atoms with Crippen LogP contribution in [0.4, 0.5) is 0 Å². The second-order valence-electron chi connectivity index (χ2n) is 10.5. The van der Waals surface area contributed by atoms with Crippen LogP contribution in [0, 0.1) is 13.8 Å². The maximum absolute atomic E-state index is 13.2. The average molecular weight is 734 g/mol. The fourth-order valence-corrected chi connectivity index (χ4v) is 5.87. The van der Waals surface area contributed by atoms with Gasteiger partial charge in [-0.05, 0) is 87.4 Å². The highest BCUT2D eigenvalue weighted by molar-refractivity contribution is 6.33. The van der Waals surface area contributed by atoms with Gasteiger partial charge in [-0.1, -0.05) is 42.2 Å². The lowest BCUT2D eigenvalue weighted by Gasteiger charge is -2.09. The molecule has 0 radical (unpaired) electrons. The van der Waals surface area contributed by atoms with E-state index in [9.17, 15) is 14.4 Å². The summed E-state index contributed by atoms with van der Waals surface area (Å²) < 4.78 is 17.0. The summed E-state index contributed by atoms with van der Waals surface area (Å²) in [6.45, 7) is 7.82. The summed E-state index contributed by atoms with van der Waals surface area (Å²) in [4.78, 5) is 49.7. The Morgan fingerprint density at radius 2 is 1.37 bits per heavy atom. The molecule has 0 aliphatic carbocycles. The van der Waals surface area contributed by atoms with E-state index in [1.54, 1.807) is 70.3 Å². The average Bonchev–Trinajstić information content (AvgIpc) is 3.49. The topological polar surface area (TPSA) is 118 Å². The number of H-pyrrole nitrogens is 1. The number of rotatable bonds is 10. The highest BCUT2D eigenvalue weighted by atomic mass is 35.5. The van der Waals surface area contributed by atoms with Crippen LogP contribution in [0.1, 0.15) is 54.1 Å². The van der Waals surface area contributed by atoms with Crippen molar-refractivity contribution in [1.82, 2.24) is 9.55 Å². The summed E-state index contributed by atoms with van der Waals surface area (Å²) in [5.41, 5.74) is 4.98. The zero-order chi connectivity index (χ0) is 35.1. The molecule has 0 bridgehead atoms. The van der Waals surface area contributed by atoms with E-state index >= 15 is 0 Å². The fraction of sp³-hybridized carbons (Fsp3) is 0.306. The molecule has 1 N–H and O–H groups in total. The van der Waals surface area contributed by atoms with E-state index < -0.39 is 5.97 Å². The van der Waals surface area contributed by atoms with Gasteiger partial charge in [0, 0.05) is 38.3 Å². The normalized spacial score (nSPS) is 10.6. The summed E-state index contributed by atoms with van der Waals surface area (Å²) in [5, 5.41) is 3.03. The van der Waals surface area contributed by atoms with Gasteiger partial charge in [0.25, 0.3) is 5.91 Å².